The molecule has 2 rings (SSSR count). The number of nitrogens with one attached hydrogen (secondary N) is 2. The van der Waals surface area contributed by atoms with Crippen LogP contribution in [0.15, 0.2) is 42.6 Å². The van der Waals surface area contributed by atoms with Crippen molar-refractivity contribution in [3.63, 3.8) is 0 Å². The quantitative estimate of drug-likeness (QED) is 0.531. The van der Waals surface area contributed by atoms with Gasteiger partial charge >= 0.3 is 5.97 Å². The van der Waals surface area contributed by atoms with Crippen LogP contribution in [0, 0.1) is 0 Å². The zero-order chi connectivity index (χ0) is 18.1. The molecule has 1 heterocycles. The number of amides is 1. The molecule has 2 aromatic rings. The van der Waals surface area contributed by atoms with E-state index in [2.05, 4.69) is 15.6 Å². The molecule has 0 bridgehead atoms. The first kappa shape index (κ1) is 18.2. The number of aromatic nitrogens is 1. The van der Waals surface area contributed by atoms with Gasteiger partial charge in [-0.25, -0.2) is 9.78 Å². The van der Waals surface area contributed by atoms with Crippen LogP contribution in [0.2, 0.25) is 0 Å². The topological polar surface area (TPSA) is 127 Å². The summed E-state index contributed by atoms with van der Waals surface area (Å²) in [5.74, 6) is -0.794. The van der Waals surface area contributed by atoms with Crippen LogP contribution in [0.5, 0.6) is 5.75 Å². The predicted molar refractivity (Wildman–Crippen MR) is 92.5 cm³/mol. The molecule has 0 aliphatic carbocycles. The fourth-order valence-electron chi connectivity index (χ4n) is 2.00. The molecule has 0 saturated carbocycles. The van der Waals surface area contributed by atoms with E-state index in [1.807, 2.05) is 6.07 Å². The average molecular weight is 344 g/mol. The van der Waals surface area contributed by atoms with E-state index < -0.39 is 5.97 Å². The normalized spacial score (nSPS) is 10.1. The summed E-state index contributed by atoms with van der Waals surface area (Å²) in [6, 6.07) is 10.5. The van der Waals surface area contributed by atoms with Gasteiger partial charge in [0, 0.05) is 19.6 Å². The molecule has 8 nitrogen and oxygen atoms in total. The number of carboxylic acid groups (broad SMARTS) is 1. The van der Waals surface area contributed by atoms with Crippen LogP contribution in [-0.2, 0) is 11.3 Å². The van der Waals surface area contributed by atoms with Crippen LogP contribution in [-0.4, -0.2) is 41.7 Å². The summed E-state index contributed by atoms with van der Waals surface area (Å²) in [7, 11) is 0. The standard InChI is InChI=1S/C17H20N4O4/c18-6-7-19-17(24)15-5-4-13(10-21-15)20-9-12-2-1-3-14(8-12)25-11-16(22)23/h1-5,8,10,20H,6-7,9,11,18H2,(H,19,24)(H,22,23). The Hall–Kier alpha value is -3.13. The number of carbonyl (C=O) groups excluding carboxylic acids is 1. The third-order valence-electron chi connectivity index (χ3n) is 3.18. The Morgan fingerprint density at radius 1 is 1.24 bits per heavy atom. The number of nitrogens with zero attached hydrogens (tertiary/aromatic N) is 1. The zero-order valence-electron chi connectivity index (χ0n) is 13.6. The number of ether oxygens (including phenoxy) is 1. The molecule has 0 aliphatic rings. The highest BCUT2D eigenvalue weighted by molar-refractivity contribution is 5.92. The van der Waals surface area contributed by atoms with Gasteiger partial charge in [0.15, 0.2) is 6.61 Å². The van der Waals surface area contributed by atoms with E-state index in [1.165, 1.54) is 0 Å². The number of carboxylic acids is 1. The van der Waals surface area contributed by atoms with Crippen LogP contribution in [0.1, 0.15) is 16.1 Å². The lowest BCUT2D eigenvalue weighted by molar-refractivity contribution is -0.139. The fraction of sp³-hybridized carbons (Fsp3) is 0.235. The third-order valence-corrected chi connectivity index (χ3v) is 3.18. The van der Waals surface area contributed by atoms with Crippen molar-refractivity contribution in [2.45, 2.75) is 6.54 Å². The monoisotopic (exact) mass is 344 g/mol. The van der Waals surface area contributed by atoms with Gasteiger partial charge in [-0.15, -0.1) is 0 Å². The second kappa shape index (κ2) is 9.24. The van der Waals surface area contributed by atoms with E-state index in [-0.39, 0.29) is 12.5 Å². The highest BCUT2D eigenvalue weighted by Gasteiger charge is 2.06. The summed E-state index contributed by atoms with van der Waals surface area (Å²) in [5.41, 5.74) is 7.34. The number of hydrogen-bond acceptors (Lipinski definition) is 6. The summed E-state index contributed by atoms with van der Waals surface area (Å²) in [6.07, 6.45) is 1.57. The van der Waals surface area contributed by atoms with Gasteiger partial charge in [0.25, 0.3) is 5.91 Å². The van der Waals surface area contributed by atoms with E-state index in [0.717, 1.165) is 11.3 Å². The van der Waals surface area contributed by atoms with Crippen molar-refractivity contribution in [1.82, 2.24) is 10.3 Å². The first-order valence-electron chi connectivity index (χ1n) is 7.70. The summed E-state index contributed by atoms with van der Waals surface area (Å²) in [5, 5.41) is 14.5. The first-order chi connectivity index (χ1) is 12.1. The van der Waals surface area contributed by atoms with Crippen molar-refractivity contribution in [2.24, 2.45) is 5.73 Å². The third kappa shape index (κ3) is 6.11. The Kier molecular flexibility index (Phi) is 6.73. The first-order valence-corrected chi connectivity index (χ1v) is 7.70. The molecule has 8 heteroatoms. The van der Waals surface area contributed by atoms with Gasteiger partial charge in [0.2, 0.25) is 0 Å². The maximum absolute atomic E-state index is 11.7. The van der Waals surface area contributed by atoms with Gasteiger partial charge in [-0.05, 0) is 29.8 Å². The molecule has 1 aromatic heterocycles. The van der Waals surface area contributed by atoms with Gasteiger partial charge < -0.3 is 26.2 Å². The van der Waals surface area contributed by atoms with Crippen LogP contribution in [0.3, 0.4) is 0 Å². The van der Waals surface area contributed by atoms with Crippen LogP contribution >= 0.6 is 0 Å². The van der Waals surface area contributed by atoms with Crippen molar-refractivity contribution in [1.29, 1.82) is 0 Å². The van der Waals surface area contributed by atoms with Crippen LogP contribution < -0.4 is 21.1 Å². The lowest BCUT2D eigenvalue weighted by Gasteiger charge is -2.09. The molecule has 25 heavy (non-hydrogen) atoms. The van der Waals surface area contributed by atoms with Crippen molar-refractivity contribution in [2.75, 3.05) is 25.0 Å². The van der Waals surface area contributed by atoms with Crippen molar-refractivity contribution in [3.05, 3.63) is 53.9 Å². The van der Waals surface area contributed by atoms with Gasteiger partial charge in [0.1, 0.15) is 11.4 Å². The molecule has 0 unspecified atom stereocenters. The number of nitrogens with two attached hydrogens (primary N) is 1. The molecule has 0 atom stereocenters. The predicted octanol–water partition coefficient (Wildman–Crippen LogP) is 0.846. The van der Waals surface area contributed by atoms with E-state index in [4.69, 9.17) is 15.6 Å². The molecule has 0 fully saturated rings. The summed E-state index contributed by atoms with van der Waals surface area (Å²) in [4.78, 5) is 26.4. The molecule has 1 amide bonds. The fourth-order valence-corrected chi connectivity index (χ4v) is 2.00. The van der Waals surface area contributed by atoms with E-state index in [0.29, 0.717) is 31.1 Å². The summed E-state index contributed by atoms with van der Waals surface area (Å²) in [6.45, 7) is 0.903. The Labute approximate surface area is 145 Å². The number of anilines is 1. The maximum Gasteiger partial charge on any atom is 0.341 e. The molecule has 0 aliphatic heterocycles. The minimum atomic E-state index is -1.02. The van der Waals surface area contributed by atoms with Gasteiger partial charge in [-0.2, -0.15) is 0 Å². The number of hydrogen-bond donors (Lipinski definition) is 4. The second-order valence-electron chi connectivity index (χ2n) is 5.16. The Balaban J connectivity index is 1.89. The minimum absolute atomic E-state index is 0.264. The molecule has 132 valence electrons. The average Bonchev–Trinajstić information content (AvgIpc) is 2.63. The van der Waals surface area contributed by atoms with Crippen LogP contribution in [0.25, 0.3) is 0 Å². The van der Waals surface area contributed by atoms with Crippen molar-refractivity contribution in [3.8, 4) is 5.75 Å². The molecular weight excluding hydrogens is 324 g/mol. The van der Waals surface area contributed by atoms with Crippen molar-refractivity contribution >= 4 is 17.6 Å². The Morgan fingerprint density at radius 2 is 2.08 bits per heavy atom. The lowest BCUT2D eigenvalue weighted by Crippen LogP contribution is -2.29. The lowest BCUT2D eigenvalue weighted by atomic mass is 10.2. The smallest absolute Gasteiger partial charge is 0.341 e. The van der Waals surface area contributed by atoms with Crippen molar-refractivity contribution < 1.29 is 19.4 Å². The van der Waals surface area contributed by atoms with Gasteiger partial charge in [0.05, 0.1) is 11.9 Å². The Bertz CT molecular complexity index is 719. The number of benzene rings is 1. The highest BCUT2D eigenvalue weighted by Crippen LogP contribution is 2.15. The molecular formula is C17H20N4O4. The van der Waals surface area contributed by atoms with E-state index >= 15 is 0 Å². The maximum atomic E-state index is 11.7. The Morgan fingerprint density at radius 3 is 2.76 bits per heavy atom. The molecule has 0 saturated heterocycles. The van der Waals surface area contributed by atoms with E-state index in [9.17, 15) is 9.59 Å². The minimum Gasteiger partial charge on any atom is -0.482 e. The molecule has 0 spiro atoms. The zero-order valence-corrected chi connectivity index (χ0v) is 13.6. The van der Waals surface area contributed by atoms with Crippen LogP contribution in [0.4, 0.5) is 5.69 Å². The molecule has 0 radical (unpaired) electrons. The largest absolute Gasteiger partial charge is 0.482 e. The van der Waals surface area contributed by atoms with E-state index in [1.54, 1.807) is 36.5 Å². The van der Waals surface area contributed by atoms with Gasteiger partial charge in [-0.1, -0.05) is 12.1 Å². The number of rotatable bonds is 9. The highest BCUT2D eigenvalue weighted by atomic mass is 16.5. The number of pyridine rings is 1. The summed E-state index contributed by atoms with van der Waals surface area (Å²) < 4.78 is 5.14. The second-order valence-corrected chi connectivity index (χ2v) is 5.16. The SMILES string of the molecule is NCCNC(=O)c1ccc(NCc2cccc(OCC(=O)O)c2)cn1. The molecule has 1 aromatic carbocycles. The molecule has 5 N–H and O–H groups in total. The summed E-state index contributed by atoms with van der Waals surface area (Å²) >= 11 is 0. The van der Waals surface area contributed by atoms with Gasteiger partial charge in [-0.3, -0.25) is 4.79 Å². The number of carbonyl (C=O) groups is 2. The number of aliphatic carboxylic acids is 1.